The predicted octanol–water partition coefficient (Wildman–Crippen LogP) is 7.13. The highest BCUT2D eigenvalue weighted by atomic mass is 35.5. The molecule has 2 aromatic rings. The van der Waals surface area contributed by atoms with Gasteiger partial charge in [0.05, 0.1) is 0 Å². The molecule has 0 saturated carbocycles. The zero-order valence-corrected chi connectivity index (χ0v) is 16.9. The molecule has 0 heterocycles. The minimum Gasteiger partial charge on any atom is -0.356 e. The number of benzene rings is 2. The van der Waals surface area contributed by atoms with Crippen molar-refractivity contribution in [2.45, 2.75) is 47.5 Å². The summed E-state index contributed by atoms with van der Waals surface area (Å²) in [6.07, 6.45) is 1.96. The van der Waals surface area contributed by atoms with Crippen LogP contribution in [0.2, 0.25) is 5.02 Å². The summed E-state index contributed by atoms with van der Waals surface area (Å²) in [5, 5.41) is 4.35. The lowest BCUT2D eigenvalue weighted by Crippen LogP contribution is -2.05. The molecule has 2 rings (SSSR count). The van der Waals surface area contributed by atoms with Crippen molar-refractivity contribution in [3.05, 3.63) is 70.3 Å². The first-order valence-corrected chi connectivity index (χ1v) is 9.48. The van der Waals surface area contributed by atoms with Crippen molar-refractivity contribution in [1.29, 1.82) is 0 Å². The third kappa shape index (κ3) is 5.64. The topological polar surface area (TPSA) is 12.0 Å². The quantitative estimate of drug-likeness (QED) is 0.557. The average Bonchev–Trinajstić information content (AvgIpc) is 2.52. The fourth-order valence-corrected chi connectivity index (χ4v) is 3.25. The second-order valence-electron chi connectivity index (χ2n) is 7.77. The van der Waals surface area contributed by atoms with Gasteiger partial charge in [0.1, 0.15) is 0 Å². The average molecular weight is 356 g/mol. The van der Waals surface area contributed by atoms with E-state index in [0.29, 0.717) is 11.8 Å². The first-order chi connectivity index (χ1) is 11.8. The highest BCUT2D eigenvalue weighted by molar-refractivity contribution is 6.32. The fraction of sp³-hybridized carbons (Fsp3) is 0.391. The molecule has 0 saturated heterocycles. The lowest BCUT2D eigenvalue weighted by Gasteiger charge is -2.18. The monoisotopic (exact) mass is 355 g/mol. The Morgan fingerprint density at radius 1 is 0.960 bits per heavy atom. The lowest BCUT2D eigenvalue weighted by atomic mass is 9.93. The number of hydrogen-bond donors (Lipinski definition) is 1. The Labute approximate surface area is 158 Å². The van der Waals surface area contributed by atoms with Crippen LogP contribution in [0.4, 0.5) is 5.69 Å². The normalized spacial score (nSPS) is 11.2. The van der Waals surface area contributed by atoms with Crippen LogP contribution in [-0.2, 0) is 12.8 Å². The molecule has 0 aliphatic carbocycles. The maximum Gasteiger partial charge on any atom is 0.0470 e. The molecule has 0 atom stereocenters. The molecule has 0 bridgehead atoms. The van der Waals surface area contributed by atoms with Gasteiger partial charge < -0.3 is 5.32 Å². The standard InChI is InChI=1S/C23H30ClN/c1-15(2)11-20-13-19(14-21(23(20)24)12-16(3)4)18(6)25-22-9-7-17(5)8-10-22/h7-10,13-16,25H,6,11-12H2,1-5H3. The van der Waals surface area contributed by atoms with Crippen LogP contribution in [0.5, 0.6) is 0 Å². The number of anilines is 1. The van der Waals surface area contributed by atoms with Gasteiger partial charge in [-0.1, -0.05) is 63.6 Å². The summed E-state index contributed by atoms with van der Waals surface area (Å²) < 4.78 is 0. The first kappa shape index (κ1) is 19.6. The van der Waals surface area contributed by atoms with Crippen LogP contribution in [-0.4, -0.2) is 0 Å². The third-order valence-electron chi connectivity index (χ3n) is 4.17. The zero-order chi connectivity index (χ0) is 18.6. The molecule has 0 amide bonds. The van der Waals surface area contributed by atoms with E-state index < -0.39 is 0 Å². The summed E-state index contributed by atoms with van der Waals surface area (Å²) in [4.78, 5) is 0. The molecule has 1 nitrogen and oxygen atoms in total. The number of halogens is 1. The fourth-order valence-electron chi connectivity index (χ4n) is 2.98. The highest BCUT2D eigenvalue weighted by Crippen LogP contribution is 2.30. The first-order valence-electron chi connectivity index (χ1n) is 9.10. The van der Waals surface area contributed by atoms with Crippen LogP contribution < -0.4 is 5.32 Å². The van der Waals surface area contributed by atoms with Gasteiger partial charge >= 0.3 is 0 Å². The van der Waals surface area contributed by atoms with E-state index in [4.69, 9.17) is 11.6 Å². The van der Waals surface area contributed by atoms with Crippen molar-refractivity contribution in [3.63, 3.8) is 0 Å². The number of rotatable bonds is 7. The Bertz CT molecular complexity index is 695. The van der Waals surface area contributed by atoms with Gasteiger partial charge in [-0.15, -0.1) is 0 Å². The highest BCUT2D eigenvalue weighted by Gasteiger charge is 2.13. The molecule has 2 aromatic carbocycles. The second kappa shape index (κ2) is 8.58. The zero-order valence-electron chi connectivity index (χ0n) is 16.1. The molecule has 2 heteroatoms. The minimum absolute atomic E-state index is 0.568. The molecular weight excluding hydrogens is 326 g/mol. The van der Waals surface area contributed by atoms with Crippen molar-refractivity contribution >= 4 is 23.0 Å². The molecule has 0 spiro atoms. The van der Waals surface area contributed by atoms with Crippen LogP contribution in [0.15, 0.2) is 43.0 Å². The molecule has 25 heavy (non-hydrogen) atoms. The second-order valence-corrected chi connectivity index (χ2v) is 8.15. The molecule has 0 fully saturated rings. The van der Waals surface area contributed by atoms with E-state index in [2.05, 4.69) is 82.9 Å². The smallest absolute Gasteiger partial charge is 0.0470 e. The molecule has 0 radical (unpaired) electrons. The van der Waals surface area contributed by atoms with Crippen molar-refractivity contribution in [2.24, 2.45) is 11.8 Å². The van der Waals surface area contributed by atoms with E-state index in [-0.39, 0.29) is 0 Å². The van der Waals surface area contributed by atoms with E-state index in [1.807, 2.05) is 0 Å². The summed E-state index contributed by atoms with van der Waals surface area (Å²) in [6, 6.07) is 12.8. The van der Waals surface area contributed by atoms with Crippen LogP contribution in [0, 0.1) is 18.8 Å². The Kier molecular flexibility index (Phi) is 6.72. The summed E-state index contributed by atoms with van der Waals surface area (Å²) >= 11 is 6.70. The third-order valence-corrected chi connectivity index (χ3v) is 4.66. The maximum atomic E-state index is 6.70. The van der Waals surface area contributed by atoms with E-state index in [1.54, 1.807) is 0 Å². The van der Waals surface area contributed by atoms with Gasteiger partial charge in [0, 0.05) is 16.4 Å². The van der Waals surface area contributed by atoms with Gasteiger partial charge in [0.25, 0.3) is 0 Å². The van der Waals surface area contributed by atoms with Crippen LogP contribution in [0.25, 0.3) is 5.70 Å². The van der Waals surface area contributed by atoms with E-state index in [1.165, 1.54) is 16.7 Å². The predicted molar refractivity (Wildman–Crippen MR) is 112 cm³/mol. The van der Waals surface area contributed by atoms with Crippen LogP contribution in [0.3, 0.4) is 0 Å². The van der Waals surface area contributed by atoms with Crippen LogP contribution in [0.1, 0.15) is 49.9 Å². The molecule has 0 unspecified atom stereocenters. The van der Waals surface area contributed by atoms with Gasteiger partial charge in [-0.25, -0.2) is 0 Å². The molecule has 134 valence electrons. The Morgan fingerprint density at radius 2 is 1.44 bits per heavy atom. The summed E-state index contributed by atoms with van der Waals surface area (Å²) in [6.45, 7) is 15.3. The van der Waals surface area contributed by atoms with Crippen LogP contribution >= 0.6 is 11.6 Å². The molecule has 0 aromatic heterocycles. The van der Waals surface area contributed by atoms with Gasteiger partial charge in [0.15, 0.2) is 0 Å². The van der Waals surface area contributed by atoms with Crippen molar-refractivity contribution < 1.29 is 0 Å². The molecule has 0 aliphatic rings. The summed E-state index contributed by atoms with van der Waals surface area (Å²) in [5.74, 6) is 1.14. The van der Waals surface area contributed by atoms with Gasteiger partial charge in [-0.3, -0.25) is 0 Å². The lowest BCUT2D eigenvalue weighted by molar-refractivity contribution is 0.636. The Hall–Kier alpha value is -1.73. The summed E-state index contributed by atoms with van der Waals surface area (Å²) in [5.41, 5.74) is 6.78. The van der Waals surface area contributed by atoms with Gasteiger partial charge in [-0.05, 0) is 72.6 Å². The number of hydrogen-bond acceptors (Lipinski definition) is 1. The van der Waals surface area contributed by atoms with E-state index >= 15 is 0 Å². The van der Waals surface area contributed by atoms with Gasteiger partial charge in [0.2, 0.25) is 0 Å². The Balaban J connectivity index is 2.34. The summed E-state index contributed by atoms with van der Waals surface area (Å²) in [7, 11) is 0. The molecular formula is C23H30ClN. The van der Waals surface area contributed by atoms with Crippen molar-refractivity contribution in [2.75, 3.05) is 5.32 Å². The maximum absolute atomic E-state index is 6.70. The minimum atomic E-state index is 0.568. The number of nitrogens with one attached hydrogen (secondary N) is 1. The van der Waals surface area contributed by atoms with E-state index in [0.717, 1.165) is 34.8 Å². The van der Waals surface area contributed by atoms with Crippen molar-refractivity contribution in [1.82, 2.24) is 0 Å². The van der Waals surface area contributed by atoms with E-state index in [9.17, 15) is 0 Å². The largest absolute Gasteiger partial charge is 0.356 e. The van der Waals surface area contributed by atoms with Crippen molar-refractivity contribution in [3.8, 4) is 0 Å². The Morgan fingerprint density at radius 3 is 1.88 bits per heavy atom. The molecule has 1 N–H and O–H groups in total. The number of aryl methyl sites for hydroxylation is 1. The SMILES string of the molecule is C=C(Nc1ccc(C)cc1)c1cc(CC(C)C)c(Cl)c(CC(C)C)c1. The molecule has 0 aliphatic heterocycles. The van der Waals surface area contributed by atoms with Gasteiger partial charge in [-0.2, -0.15) is 0 Å².